The molecule has 1 heterocycles. The lowest BCUT2D eigenvalue weighted by atomic mass is 10.0. The molecular weight excluding hydrogens is 208 g/mol. The van der Waals surface area contributed by atoms with E-state index in [1.807, 2.05) is 0 Å². The fourth-order valence-corrected chi connectivity index (χ4v) is 3.14. The van der Waals surface area contributed by atoms with E-state index in [1.54, 1.807) is 0 Å². The van der Waals surface area contributed by atoms with Crippen LogP contribution in [0.2, 0.25) is 0 Å². The minimum atomic E-state index is 0.781. The smallest absolute Gasteiger partial charge is 0.0209 e. The highest BCUT2D eigenvalue weighted by Gasteiger charge is 2.34. The van der Waals surface area contributed by atoms with E-state index in [0.717, 1.165) is 18.1 Å². The van der Waals surface area contributed by atoms with Crippen LogP contribution in [0.4, 0.5) is 0 Å². The molecule has 2 aliphatic rings. The number of hydrogen-bond acceptors (Lipinski definition) is 2. The van der Waals surface area contributed by atoms with Crippen LogP contribution in [-0.4, -0.2) is 36.1 Å². The second-order valence-corrected chi connectivity index (χ2v) is 6.01. The zero-order valence-corrected chi connectivity index (χ0v) is 11.8. The fourth-order valence-electron chi connectivity index (χ4n) is 3.14. The van der Waals surface area contributed by atoms with Gasteiger partial charge in [0.15, 0.2) is 0 Å². The molecule has 2 heteroatoms. The molecule has 17 heavy (non-hydrogen) atoms. The van der Waals surface area contributed by atoms with E-state index >= 15 is 0 Å². The lowest BCUT2D eigenvalue weighted by Crippen LogP contribution is -2.40. The van der Waals surface area contributed by atoms with Crippen LogP contribution in [0.1, 0.15) is 65.2 Å². The molecule has 2 fully saturated rings. The van der Waals surface area contributed by atoms with Gasteiger partial charge in [-0.05, 0) is 32.1 Å². The van der Waals surface area contributed by atoms with Gasteiger partial charge >= 0.3 is 0 Å². The maximum absolute atomic E-state index is 3.92. The van der Waals surface area contributed by atoms with Crippen molar-refractivity contribution >= 4 is 0 Å². The van der Waals surface area contributed by atoms with Crippen LogP contribution in [-0.2, 0) is 0 Å². The first-order chi connectivity index (χ1) is 8.33. The van der Waals surface area contributed by atoms with Crippen LogP contribution in [0.3, 0.4) is 0 Å². The summed E-state index contributed by atoms with van der Waals surface area (Å²) in [5.41, 5.74) is 0. The lowest BCUT2D eigenvalue weighted by molar-refractivity contribution is 0.306. The molecule has 1 N–H and O–H groups in total. The maximum Gasteiger partial charge on any atom is 0.0209 e. The van der Waals surface area contributed by atoms with Crippen LogP contribution in [0, 0.1) is 0 Å². The fraction of sp³-hybridized carbons (Fsp3) is 1.00. The van der Waals surface area contributed by atoms with Crippen LogP contribution in [0.5, 0.6) is 0 Å². The molecule has 1 saturated carbocycles. The van der Waals surface area contributed by atoms with Crippen LogP contribution >= 0.6 is 0 Å². The van der Waals surface area contributed by atoms with Gasteiger partial charge in [0.1, 0.15) is 0 Å². The zero-order chi connectivity index (χ0) is 12.1. The third kappa shape index (κ3) is 4.26. The van der Waals surface area contributed by atoms with Gasteiger partial charge in [-0.3, -0.25) is 4.90 Å². The molecule has 0 radical (unpaired) electrons. The Morgan fingerprint density at radius 1 is 1.12 bits per heavy atom. The number of hydrogen-bond donors (Lipinski definition) is 1. The highest BCUT2D eigenvalue weighted by molar-refractivity contribution is 4.92. The Morgan fingerprint density at radius 2 is 1.94 bits per heavy atom. The van der Waals surface area contributed by atoms with E-state index in [4.69, 9.17) is 0 Å². The number of unbranched alkanes of at least 4 members (excludes halogenated alkanes) is 1. The topological polar surface area (TPSA) is 15.3 Å². The molecule has 0 amide bonds. The van der Waals surface area contributed by atoms with E-state index in [-0.39, 0.29) is 0 Å². The zero-order valence-electron chi connectivity index (χ0n) is 11.8. The average molecular weight is 238 g/mol. The van der Waals surface area contributed by atoms with Gasteiger partial charge in [-0.2, -0.15) is 0 Å². The average Bonchev–Trinajstić information content (AvgIpc) is 3.08. The highest BCUT2D eigenvalue weighted by Crippen LogP contribution is 2.30. The highest BCUT2D eigenvalue weighted by atomic mass is 15.2. The van der Waals surface area contributed by atoms with Crippen molar-refractivity contribution in [3.8, 4) is 0 Å². The van der Waals surface area contributed by atoms with Crippen molar-refractivity contribution in [2.24, 2.45) is 0 Å². The summed E-state index contributed by atoms with van der Waals surface area (Å²) in [6.07, 6.45) is 11.1. The van der Waals surface area contributed by atoms with Gasteiger partial charge in [-0.25, -0.2) is 0 Å². The molecule has 0 aromatic rings. The molecule has 100 valence electrons. The van der Waals surface area contributed by atoms with E-state index in [9.17, 15) is 0 Å². The molecule has 0 aromatic heterocycles. The summed E-state index contributed by atoms with van der Waals surface area (Å²) in [7, 11) is 0. The SMILES string of the molecule is CCCCC(CCC)NC1CCN(C2CC2)C1. The summed E-state index contributed by atoms with van der Waals surface area (Å²) in [6.45, 7) is 7.27. The van der Waals surface area contributed by atoms with Crippen LogP contribution in [0.15, 0.2) is 0 Å². The first-order valence-corrected chi connectivity index (χ1v) is 7.83. The monoisotopic (exact) mass is 238 g/mol. The van der Waals surface area contributed by atoms with E-state index in [1.165, 1.54) is 64.5 Å². The predicted molar refractivity (Wildman–Crippen MR) is 74.4 cm³/mol. The van der Waals surface area contributed by atoms with Crippen molar-refractivity contribution in [1.82, 2.24) is 10.2 Å². The van der Waals surface area contributed by atoms with Gasteiger partial charge in [0.05, 0.1) is 0 Å². The standard InChI is InChI=1S/C15H30N2/c1-3-5-7-13(6-4-2)16-14-10-11-17(12-14)15-8-9-15/h13-16H,3-12H2,1-2H3. The molecule has 0 spiro atoms. The van der Waals surface area contributed by atoms with Gasteiger partial charge in [0, 0.05) is 31.2 Å². The summed E-state index contributed by atoms with van der Waals surface area (Å²) in [5, 5.41) is 3.92. The quantitative estimate of drug-likeness (QED) is 0.699. The van der Waals surface area contributed by atoms with Crippen molar-refractivity contribution in [3.05, 3.63) is 0 Å². The Balaban J connectivity index is 1.69. The number of nitrogens with zero attached hydrogens (tertiary/aromatic N) is 1. The molecule has 2 atom stereocenters. The molecule has 2 rings (SSSR count). The number of nitrogens with one attached hydrogen (secondary N) is 1. The van der Waals surface area contributed by atoms with Crippen LogP contribution in [0.25, 0.3) is 0 Å². The van der Waals surface area contributed by atoms with Gasteiger partial charge < -0.3 is 5.32 Å². The van der Waals surface area contributed by atoms with Crippen molar-refractivity contribution < 1.29 is 0 Å². The van der Waals surface area contributed by atoms with E-state index in [0.29, 0.717) is 0 Å². The molecule has 2 unspecified atom stereocenters. The molecule has 0 bridgehead atoms. The Labute approximate surface area is 107 Å². The number of likely N-dealkylation sites (tertiary alicyclic amines) is 1. The lowest BCUT2D eigenvalue weighted by Gasteiger charge is -2.23. The van der Waals surface area contributed by atoms with Gasteiger partial charge in [-0.1, -0.05) is 33.1 Å². The molecule has 2 nitrogen and oxygen atoms in total. The van der Waals surface area contributed by atoms with Crippen molar-refractivity contribution in [3.63, 3.8) is 0 Å². The minimum Gasteiger partial charge on any atom is -0.310 e. The van der Waals surface area contributed by atoms with Gasteiger partial charge in [0.25, 0.3) is 0 Å². The first kappa shape index (κ1) is 13.4. The maximum atomic E-state index is 3.92. The van der Waals surface area contributed by atoms with E-state index < -0.39 is 0 Å². The predicted octanol–water partition coefficient (Wildman–Crippen LogP) is 3.17. The summed E-state index contributed by atoms with van der Waals surface area (Å²) >= 11 is 0. The Hall–Kier alpha value is -0.0800. The molecule has 1 aliphatic carbocycles. The molecular formula is C15H30N2. The summed E-state index contributed by atoms with van der Waals surface area (Å²) < 4.78 is 0. The normalized spacial score (nSPS) is 27.5. The number of rotatable bonds is 8. The Morgan fingerprint density at radius 3 is 2.59 bits per heavy atom. The van der Waals surface area contributed by atoms with Crippen LogP contribution < -0.4 is 5.32 Å². The van der Waals surface area contributed by atoms with Crippen molar-refractivity contribution in [2.75, 3.05) is 13.1 Å². The molecule has 1 saturated heterocycles. The third-order valence-corrected chi connectivity index (χ3v) is 4.30. The summed E-state index contributed by atoms with van der Waals surface area (Å²) in [4.78, 5) is 2.71. The largest absolute Gasteiger partial charge is 0.310 e. The summed E-state index contributed by atoms with van der Waals surface area (Å²) in [5.74, 6) is 0. The van der Waals surface area contributed by atoms with Crippen molar-refractivity contribution in [1.29, 1.82) is 0 Å². The molecule has 0 aromatic carbocycles. The minimum absolute atomic E-state index is 0.781. The Kier molecular flexibility index (Phi) is 5.30. The first-order valence-electron chi connectivity index (χ1n) is 7.83. The second-order valence-electron chi connectivity index (χ2n) is 6.01. The van der Waals surface area contributed by atoms with Gasteiger partial charge in [-0.15, -0.1) is 0 Å². The molecule has 1 aliphatic heterocycles. The van der Waals surface area contributed by atoms with E-state index in [2.05, 4.69) is 24.1 Å². The third-order valence-electron chi connectivity index (χ3n) is 4.30. The summed E-state index contributed by atoms with van der Waals surface area (Å²) in [6, 6.07) is 2.52. The van der Waals surface area contributed by atoms with Gasteiger partial charge in [0.2, 0.25) is 0 Å². The van der Waals surface area contributed by atoms with Crippen molar-refractivity contribution in [2.45, 2.75) is 83.3 Å². The Bertz CT molecular complexity index is 213. The second kappa shape index (κ2) is 6.75.